The Morgan fingerprint density at radius 3 is 2.00 bits per heavy atom. The number of aliphatic hydroxyl groups is 4. The molecule has 0 bridgehead atoms. The Morgan fingerprint density at radius 2 is 1.50 bits per heavy atom. The Morgan fingerprint density at radius 1 is 0.958 bits per heavy atom. The third kappa shape index (κ3) is 11.1. The van der Waals surface area contributed by atoms with Crippen LogP contribution in [0.4, 0.5) is 0 Å². The van der Waals surface area contributed by atoms with Gasteiger partial charge in [-0.1, -0.05) is 64.7 Å². The van der Waals surface area contributed by atoms with Crippen LogP contribution in [0.2, 0.25) is 0 Å². The predicted octanol–water partition coefficient (Wildman–Crippen LogP) is 1.57. The lowest BCUT2D eigenvalue weighted by molar-refractivity contribution is -0.150. The Kier molecular flexibility index (Phi) is 14.3. The second-order valence-corrected chi connectivity index (χ2v) is 6.24. The molecule has 4 N–H and O–H groups in total. The van der Waals surface area contributed by atoms with Gasteiger partial charge in [0.15, 0.2) is 6.29 Å². The van der Waals surface area contributed by atoms with Crippen molar-refractivity contribution in [3.63, 3.8) is 0 Å². The molecule has 24 heavy (non-hydrogen) atoms. The molecular weight excluding hydrogens is 312 g/mol. The monoisotopic (exact) mass is 349 g/mol. The topological polar surface area (TPSA) is 107 Å². The van der Waals surface area contributed by atoms with Gasteiger partial charge in [0.2, 0.25) is 0 Å². The summed E-state index contributed by atoms with van der Waals surface area (Å²) in [7, 11) is 0. The molecule has 0 radical (unpaired) electrons. The van der Waals surface area contributed by atoms with Crippen molar-refractivity contribution in [1.29, 1.82) is 0 Å². The van der Waals surface area contributed by atoms with E-state index in [-0.39, 0.29) is 12.9 Å². The molecule has 0 aromatic heterocycles. The lowest BCUT2D eigenvalue weighted by Crippen LogP contribution is -2.48. The number of aldehydes is 1. The van der Waals surface area contributed by atoms with Gasteiger partial charge in [0, 0.05) is 7.98 Å². The van der Waals surface area contributed by atoms with Crippen LogP contribution in [-0.2, 0) is 9.53 Å². The molecular formula is C18H36O6. The number of hydrogen-bond donors (Lipinski definition) is 4. The molecule has 0 saturated carbocycles. The highest BCUT2D eigenvalue weighted by Crippen LogP contribution is 2.12. The van der Waals surface area contributed by atoms with Gasteiger partial charge in [-0.15, -0.1) is 0 Å². The molecule has 4 atom stereocenters. The minimum Gasteiger partial charge on any atom is -0.394 e. The van der Waals surface area contributed by atoms with Crippen LogP contribution in [0.15, 0.2) is 0 Å². The van der Waals surface area contributed by atoms with Crippen molar-refractivity contribution in [2.75, 3.05) is 13.2 Å². The van der Waals surface area contributed by atoms with Crippen LogP contribution in [0.5, 0.6) is 0 Å². The van der Waals surface area contributed by atoms with Gasteiger partial charge >= 0.3 is 0 Å². The number of rotatable bonds is 17. The molecule has 0 aromatic carbocycles. The third-order valence-corrected chi connectivity index (χ3v) is 4.10. The van der Waals surface area contributed by atoms with Gasteiger partial charge < -0.3 is 30.0 Å². The first-order valence-electron chi connectivity index (χ1n) is 9.80. The van der Waals surface area contributed by atoms with E-state index in [9.17, 15) is 20.1 Å². The average molecular weight is 349 g/mol. The Bertz CT molecular complexity index is 305. The molecule has 0 saturated heterocycles. The first-order chi connectivity index (χ1) is 12.1. The third-order valence-electron chi connectivity index (χ3n) is 4.10. The molecule has 0 aliphatic carbocycles. The zero-order valence-electron chi connectivity index (χ0n) is 15.7. The van der Waals surface area contributed by atoms with E-state index < -0.39 is 31.0 Å². The summed E-state index contributed by atoms with van der Waals surface area (Å²) in [6, 6.07) is 0. The number of ether oxygens (including phenoxy) is 1. The maximum Gasteiger partial charge on any atom is 0.151 e. The summed E-state index contributed by atoms with van der Waals surface area (Å²) in [6.45, 7) is 0.135. The van der Waals surface area contributed by atoms with Gasteiger partial charge in [-0.3, -0.25) is 0 Å². The molecule has 0 heterocycles. The number of unbranched alkanes of at least 4 members (excludes halogenated alkanes) is 9. The molecule has 144 valence electrons. The standard InChI is InChI=1S/C18H36O6/c1-2-3-4-5-6-7-8-9-10-11-12-24-18(16(22)14-20)17(23)15(21)13-19/h14-19,21-23H,2-13H2,1H3/t15-,16+,17-,18-/m1/s1/i1D. The van der Waals surface area contributed by atoms with Crippen molar-refractivity contribution in [3.8, 4) is 0 Å². The summed E-state index contributed by atoms with van der Waals surface area (Å²) in [6.07, 6.45) is 5.50. The van der Waals surface area contributed by atoms with Gasteiger partial charge in [0.1, 0.15) is 24.4 Å². The summed E-state index contributed by atoms with van der Waals surface area (Å²) >= 11 is 0. The minimum absolute atomic E-state index is 0.252. The number of carbonyl (C=O) groups is 1. The molecule has 0 rings (SSSR count). The highest BCUT2D eigenvalue weighted by molar-refractivity contribution is 5.56. The van der Waals surface area contributed by atoms with E-state index >= 15 is 0 Å². The fourth-order valence-electron chi connectivity index (χ4n) is 2.54. The van der Waals surface area contributed by atoms with E-state index in [1.807, 2.05) is 0 Å². The first-order valence-corrected chi connectivity index (χ1v) is 9.09. The lowest BCUT2D eigenvalue weighted by atomic mass is 10.0. The highest BCUT2D eigenvalue weighted by atomic mass is 16.5. The van der Waals surface area contributed by atoms with Gasteiger partial charge in [-0.05, 0) is 6.42 Å². The largest absolute Gasteiger partial charge is 0.394 e. The number of aliphatic hydroxyl groups excluding tert-OH is 4. The van der Waals surface area contributed by atoms with Crippen LogP contribution in [-0.4, -0.2) is 64.3 Å². The van der Waals surface area contributed by atoms with Crippen molar-refractivity contribution < 1.29 is 31.3 Å². The molecule has 0 unspecified atom stereocenters. The van der Waals surface area contributed by atoms with E-state index in [1.54, 1.807) is 0 Å². The van der Waals surface area contributed by atoms with E-state index in [2.05, 4.69) is 0 Å². The Labute approximate surface area is 147 Å². The van der Waals surface area contributed by atoms with Crippen LogP contribution in [0.3, 0.4) is 0 Å². The summed E-state index contributed by atoms with van der Waals surface area (Å²) in [5.41, 5.74) is 0. The fraction of sp³-hybridized carbons (Fsp3) is 0.944. The number of carbonyl (C=O) groups excluding carboxylic acids is 1. The second-order valence-electron chi connectivity index (χ2n) is 6.24. The summed E-state index contributed by atoms with van der Waals surface area (Å²) in [5, 5.41) is 37.6. The minimum atomic E-state index is -1.54. The molecule has 0 fully saturated rings. The van der Waals surface area contributed by atoms with Gasteiger partial charge in [0.25, 0.3) is 0 Å². The smallest absolute Gasteiger partial charge is 0.151 e. The molecule has 0 amide bonds. The van der Waals surface area contributed by atoms with Crippen molar-refractivity contribution in [3.05, 3.63) is 0 Å². The van der Waals surface area contributed by atoms with Gasteiger partial charge in [-0.2, -0.15) is 0 Å². The van der Waals surface area contributed by atoms with E-state index in [4.69, 9.17) is 11.2 Å². The Balaban J connectivity index is 3.70. The molecule has 0 aliphatic heterocycles. The van der Waals surface area contributed by atoms with Crippen LogP contribution in [0, 0.1) is 0 Å². The SMILES string of the molecule is [2H]CCCCCCCCCCCCO[C@@H]([C@H](O)[C@H](O)CO)[C@@H](O)C=O. The van der Waals surface area contributed by atoms with Crippen molar-refractivity contribution in [2.45, 2.75) is 95.5 Å². The maximum atomic E-state index is 10.7. The van der Waals surface area contributed by atoms with Crippen LogP contribution < -0.4 is 0 Å². The summed E-state index contributed by atoms with van der Waals surface area (Å²) < 4.78 is 12.4. The van der Waals surface area contributed by atoms with Crippen LogP contribution in [0.25, 0.3) is 0 Å². The van der Waals surface area contributed by atoms with E-state index in [0.717, 1.165) is 38.5 Å². The average Bonchev–Trinajstić information content (AvgIpc) is 2.63. The van der Waals surface area contributed by atoms with Gasteiger partial charge in [0.05, 0.1) is 6.61 Å². The predicted molar refractivity (Wildman–Crippen MR) is 92.8 cm³/mol. The quantitative estimate of drug-likeness (QED) is 0.234. The zero-order chi connectivity index (χ0) is 18.9. The van der Waals surface area contributed by atoms with Crippen LogP contribution >= 0.6 is 0 Å². The van der Waals surface area contributed by atoms with Crippen molar-refractivity contribution in [1.82, 2.24) is 0 Å². The Hall–Kier alpha value is -0.530. The van der Waals surface area contributed by atoms with Crippen LogP contribution in [0.1, 0.15) is 72.5 Å². The molecule has 0 spiro atoms. The molecule has 6 heteroatoms. The maximum absolute atomic E-state index is 10.7. The lowest BCUT2D eigenvalue weighted by Gasteiger charge is -2.27. The van der Waals surface area contributed by atoms with Gasteiger partial charge in [-0.25, -0.2) is 0 Å². The first kappa shape index (κ1) is 21.5. The second kappa shape index (κ2) is 16.0. The van der Waals surface area contributed by atoms with E-state index in [1.165, 1.54) is 25.7 Å². The number of hydrogen-bond acceptors (Lipinski definition) is 6. The summed E-state index contributed by atoms with van der Waals surface area (Å²) in [5.74, 6) is 0. The molecule has 0 aliphatic rings. The van der Waals surface area contributed by atoms with Crippen molar-refractivity contribution in [2.24, 2.45) is 0 Å². The normalized spacial score (nSPS) is 17.1. The summed E-state index contributed by atoms with van der Waals surface area (Å²) in [4.78, 5) is 10.7. The van der Waals surface area contributed by atoms with E-state index in [0.29, 0.717) is 6.90 Å². The van der Waals surface area contributed by atoms with Crippen molar-refractivity contribution >= 4 is 6.29 Å². The zero-order valence-corrected chi connectivity index (χ0v) is 14.7. The molecule has 6 nitrogen and oxygen atoms in total. The fourth-order valence-corrected chi connectivity index (χ4v) is 2.54. The molecule has 0 aromatic rings. The highest BCUT2D eigenvalue weighted by Gasteiger charge is 2.32.